The minimum Gasteiger partial charge on any atom is -0.350 e. The zero-order chi connectivity index (χ0) is 13.7. The lowest BCUT2D eigenvalue weighted by Crippen LogP contribution is -2.13. The third kappa shape index (κ3) is 1.36. The van der Waals surface area contributed by atoms with Crippen molar-refractivity contribution in [3.8, 4) is 5.69 Å². The van der Waals surface area contributed by atoms with Gasteiger partial charge in [-0.1, -0.05) is 24.8 Å². The molecule has 0 aliphatic carbocycles. The van der Waals surface area contributed by atoms with Crippen molar-refractivity contribution < 1.29 is 0 Å². The van der Waals surface area contributed by atoms with Gasteiger partial charge in [0.1, 0.15) is 5.39 Å². The molecule has 6 heteroatoms. The summed E-state index contributed by atoms with van der Waals surface area (Å²) in [4.78, 5) is 16.1. The van der Waals surface area contributed by atoms with E-state index in [1.54, 1.807) is 10.9 Å². The van der Waals surface area contributed by atoms with Gasteiger partial charge in [0.05, 0.1) is 18.4 Å². The number of para-hydroxylation sites is 1. The highest BCUT2D eigenvalue weighted by Crippen LogP contribution is 2.25. The molecule has 1 aromatic carbocycles. The molecule has 1 aliphatic heterocycles. The van der Waals surface area contributed by atoms with E-state index >= 15 is 0 Å². The fourth-order valence-corrected chi connectivity index (χ4v) is 2.45. The number of hydrogen-bond donors (Lipinski definition) is 1. The summed E-state index contributed by atoms with van der Waals surface area (Å²) < 4.78 is 3.58. The number of anilines is 1. The van der Waals surface area contributed by atoms with Gasteiger partial charge in [-0.25, -0.2) is 4.68 Å². The number of aromatic nitrogens is 4. The second-order valence-corrected chi connectivity index (χ2v) is 4.62. The van der Waals surface area contributed by atoms with Gasteiger partial charge in [0.25, 0.3) is 5.56 Å². The third-order valence-corrected chi connectivity index (χ3v) is 3.37. The minimum absolute atomic E-state index is 0.282. The Morgan fingerprint density at radius 2 is 2.05 bits per heavy atom. The van der Waals surface area contributed by atoms with Crippen LogP contribution in [-0.4, -0.2) is 25.9 Å². The first kappa shape index (κ1) is 11.0. The lowest BCUT2D eigenvalue weighted by Gasteiger charge is -2.09. The van der Waals surface area contributed by atoms with Gasteiger partial charge in [-0.3, -0.25) is 9.36 Å². The van der Waals surface area contributed by atoms with Crippen LogP contribution in [0, 0.1) is 0 Å². The maximum Gasteiger partial charge on any atom is 0.285 e. The van der Waals surface area contributed by atoms with E-state index in [1.807, 2.05) is 34.9 Å². The summed E-state index contributed by atoms with van der Waals surface area (Å²) in [6.07, 6.45) is 1.55. The second kappa shape index (κ2) is 3.80. The smallest absolute Gasteiger partial charge is 0.285 e. The Hall–Kier alpha value is -2.89. The predicted molar refractivity (Wildman–Crippen MR) is 76.9 cm³/mol. The van der Waals surface area contributed by atoms with E-state index in [1.165, 1.54) is 0 Å². The SMILES string of the molecule is C=C1CNc2nc(=O)c3cnn(-c4ccccc4)c3n21. The van der Waals surface area contributed by atoms with Crippen LogP contribution in [0.15, 0.2) is 47.9 Å². The van der Waals surface area contributed by atoms with Crippen molar-refractivity contribution >= 4 is 22.7 Å². The first-order valence-corrected chi connectivity index (χ1v) is 6.24. The maximum atomic E-state index is 12.0. The molecule has 20 heavy (non-hydrogen) atoms. The van der Waals surface area contributed by atoms with Crippen molar-refractivity contribution in [1.29, 1.82) is 0 Å². The van der Waals surface area contributed by atoms with E-state index in [0.717, 1.165) is 11.4 Å². The summed E-state index contributed by atoms with van der Waals surface area (Å²) in [6.45, 7) is 4.58. The zero-order valence-electron chi connectivity index (χ0n) is 10.6. The van der Waals surface area contributed by atoms with Gasteiger partial charge < -0.3 is 5.32 Å². The Morgan fingerprint density at radius 3 is 2.85 bits per heavy atom. The molecule has 0 bridgehead atoms. The monoisotopic (exact) mass is 265 g/mol. The Bertz CT molecular complexity index is 891. The quantitative estimate of drug-likeness (QED) is 0.723. The fraction of sp³-hybridized carbons (Fsp3) is 0.0714. The molecule has 0 saturated carbocycles. The van der Waals surface area contributed by atoms with Crippen molar-refractivity contribution in [3.05, 3.63) is 53.5 Å². The Kier molecular flexibility index (Phi) is 2.09. The molecule has 0 spiro atoms. The van der Waals surface area contributed by atoms with Crippen molar-refractivity contribution in [2.24, 2.45) is 0 Å². The molecule has 0 atom stereocenters. The molecular formula is C14H11N5O. The van der Waals surface area contributed by atoms with Gasteiger partial charge in [-0.05, 0) is 12.1 Å². The van der Waals surface area contributed by atoms with Crippen LogP contribution in [0.4, 0.5) is 5.95 Å². The number of hydrogen-bond acceptors (Lipinski definition) is 4. The Labute approximate surface area is 114 Å². The standard InChI is InChI=1S/C14H11N5O/c1-9-7-15-14-17-12(20)11-8-16-19(13(11)18(9)14)10-5-3-2-4-6-10/h2-6,8H,1,7H2,(H,15,17,20). The van der Waals surface area contributed by atoms with E-state index in [2.05, 4.69) is 22.0 Å². The van der Waals surface area contributed by atoms with E-state index in [-0.39, 0.29) is 5.56 Å². The second-order valence-electron chi connectivity index (χ2n) is 4.62. The maximum absolute atomic E-state index is 12.0. The summed E-state index contributed by atoms with van der Waals surface area (Å²) in [7, 11) is 0. The van der Waals surface area contributed by atoms with Gasteiger partial charge in [0.15, 0.2) is 5.65 Å². The van der Waals surface area contributed by atoms with Crippen LogP contribution >= 0.6 is 0 Å². The molecule has 0 amide bonds. The van der Waals surface area contributed by atoms with E-state index in [9.17, 15) is 4.79 Å². The van der Waals surface area contributed by atoms with Crippen LogP contribution in [0.5, 0.6) is 0 Å². The van der Waals surface area contributed by atoms with Gasteiger partial charge in [-0.2, -0.15) is 10.1 Å². The molecule has 4 rings (SSSR count). The number of benzene rings is 1. The molecule has 2 aromatic heterocycles. The van der Waals surface area contributed by atoms with Crippen LogP contribution in [-0.2, 0) is 0 Å². The van der Waals surface area contributed by atoms with Crippen LogP contribution < -0.4 is 10.9 Å². The van der Waals surface area contributed by atoms with E-state index < -0.39 is 0 Å². The highest BCUT2D eigenvalue weighted by molar-refractivity contribution is 5.83. The molecular weight excluding hydrogens is 254 g/mol. The Balaban J connectivity index is 2.15. The van der Waals surface area contributed by atoms with Crippen molar-refractivity contribution in [3.63, 3.8) is 0 Å². The summed E-state index contributed by atoms with van der Waals surface area (Å²) in [5.41, 5.74) is 2.15. The van der Waals surface area contributed by atoms with Crippen molar-refractivity contribution in [2.45, 2.75) is 0 Å². The molecule has 0 unspecified atom stereocenters. The Morgan fingerprint density at radius 1 is 1.25 bits per heavy atom. The van der Waals surface area contributed by atoms with Gasteiger partial charge in [0.2, 0.25) is 5.95 Å². The van der Waals surface area contributed by atoms with Gasteiger partial charge in [0, 0.05) is 5.70 Å². The average molecular weight is 265 g/mol. The summed E-state index contributed by atoms with van der Waals surface area (Å²) >= 11 is 0. The number of nitrogens with one attached hydrogen (secondary N) is 1. The molecule has 98 valence electrons. The number of nitrogens with zero attached hydrogens (tertiary/aromatic N) is 4. The van der Waals surface area contributed by atoms with E-state index in [0.29, 0.717) is 23.5 Å². The highest BCUT2D eigenvalue weighted by atomic mass is 16.1. The first-order valence-electron chi connectivity index (χ1n) is 6.24. The van der Waals surface area contributed by atoms with Crippen molar-refractivity contribution in [1.82, 2.24) is 19.3 Å². The fourth-order valence-electron chi connectivity index (χ4n) is 2.45. The van der Waals surface area contributed by atoms with Crippen LogP contribution in [0.3, 0.4) is 0 Å². The number of rotatable bonds is 1. The largest absolute Gasteiger partial charge is 0.350 e. The predicted octanol–water partition coefficient (Wildman–Crippen LogP) is 1.48. The van der Waals surface area contributed by atoms with Gasteiger partial charge >= 0.3 is 0 Å². The summed E-state index contributed by atoms with van der Waals surface area (Å²) in [5, 5.41) is 7.88. The molecule has 6 nitrogen and oxygen atoms in total. The molecule has 0 radical (unpaired) electrons. The summed E-state index contributed by atoms with van der Waals surface area (Å²) in [5.74, 6) is 0.519. The van der Waals surface area contributed by atoms with E-state index in [4.69, 9.17) is 0 Å². The molecule has 3 aromatic rings. The lowest BCUT2D eigenvalue weighted by molar-refractivity contribution is 0.880. The van der Waals surface area contributed by atoms with Crippen LogP contribution in [0.2, 0.25) is 0 Å². The molecule has 1 aliphatic rings. The highest BCUT2D eigenvalue weighted by Gasteiger charge is 2.22. The molecule has 1 N–H and O–H groups in total. The van der Waals surface area contributed by atoms with Crippen LogP contribution in [0.25, 0.3) is 22.4 Å². The van der Waals surface area contributed by atoms with Crippen LogP contribution in [0.1, 0.15) is 0 Å². The normalized spacial score (nSPS) is 13.5. The first-order chi connectivity index (χ1) is 9.75. The number of fused-ring (bicyclic) bond motifs is 3. The average Bonchev–Trinajstić information content (AvgIpc) is 3.04. The van der Waals surface area contributed by atoms with Gasteiger partial charge in [-0.15, -0.1) is 0 Å². The topological polar surface area (TPSA) is 64.7 Å². The minimum atomic E-state index is -0.282. The zero-order valence-corrected chi connectivity index (χ0v) is 10.6. The van der Waals surface area contributed by atoms with Crippen molar-refractivity contribution in [2.75, 3.05) is 11.9 Å². The molecule has 0 fully saturated rings. The summed E-state index contributed by atoms with van der Waals surface area (Å²) in [6, 6.07) is 9.68. The lowest BCUT2D eigenvalue weighted by atomic mass is 10.3. The molecule has 0 saturated heterocycles. The third-order valence-electron chi connectivity index (χ3n) is 3.37. The molecule has 3 heterocycles.